The SMILES string of the molecule is C1=Cc2c(c3c4ccccc4c4c(c5ccccc5c5c6ccccc6n(-c6ccc(-c7ccc8ccccc8c7)cc6)c54)c3n2-c2ccc(-c3ccc4ccccc4c3)cc2)CC1. The van der Waals surface area contributed by atoms with Crippen molar-refractivity contribution in [1.29, 1.82) is 0 Å². The predicted molar refractivity (Wildman–Crippen MR) is 273 cm³/mol. The Bertz CT molecular complexity index is 4100. The summed E-state index contributed by atoms with van der Waals surface area (Å²) in [6.07, 6.45) is 6.78. The molecule has 0 spiro atoms. The number of para-hydroxylation sites is 1. The number of hydrogen-bond acceptors (Lipinski definition) is 0. The molecule has 2 heterocycles. The first-order valence-electron chi connectivity index (χ1n) is 22.5. The van der Waals surface area contributed by atoms with Gasteiger partial charge in [-0.25, -0.2) is 0 Å². The van der Waals surface area contributed by atoms with Crippen LogP contribution >= 0.6 is 0 Å². The highest BCUT2D eigenvalue weighted by molar-refractivity contribution is 6.42. The Hall–Kier alpha value is -8.20. The lowest BCUT2D eigenvalue weighted by Crippen LogP contribution is -2.01. The number of hydrogen-bond donors (Lipinski definition) is 0. The summed E-state index contributed by atoms with van der Waals surface area (Å²) in [7, 11) is 0. The lowest BCUT2D eigenvalue weighted by Gasteiger charge is -2.18. The normalized spacial score (nSPS) is 12.8. The minimum Gasteiger partial charge on any atom is -0.309 e. The first kappa shape index (κ1) is 35.4. The van der Waals surface area contributed by atoms with Gasteiger partial charge in [-0.15, -0.1) is 0 Å². The summed E-state index contributed by atoms with van der Waals surface area (Å²) >= 11 is 0. The Balaban J connectivity index is 1.09. The van der Waals surface area contributed by atoms with Crippen molar-refractivity contribution in [2.75, 3.05) is 0 Å². The molecular formula is C62H40N2. The van der Waals surface area contributed by atoms with Crippen molar-refractivity contribution in [3.05, 3.63) is 224 Å². The molecule has 0 atom stereocenters. The molecule has 0 saturated carbocycles. The molecule has 64 heavy (non-hydrogen) atoms. The van der Waals surface area contributed by atoms with Gasteiger partial charge in [-0.1, -0.05) is 170 Å². The van der Waals surface area contributed by atoms with E-state index in [2.05, 4.69) is 228 Å². The van der Waals surface area contributed by atoms with Gasteiger partial charge in [-0.05, 0) is 132 Å². The Morgan fingerprint density at radius 2 is 0.766 bits per heavy atom. The van der Waals surface area contributed by atoms with Crippen LogP contribution in [0.1, 0.15) is 17.7 Å². The average Bonchev–Trinajstić information content (AvgIpc) is 3.90. The monoisotopic (exact) mass is 812 g/mol. The van der Waals surface area contributed by atoms with Gasteiger partial charge in [0.1, 0.15) is 0 Å². The molecule has 1 aliphatic carbocycles. The summed E-state index contributed by atoms with van der Waals surface area (Å²) in [6, 6.07) is 76.7. The summed E-state index contributed by atoms with van der Waals surface area (Å²) in [5.41, 5.74) is 13.7. The van der Waals surface area contributed by atoms with E-state index >= 15 is 0 Å². The van der Waals surface area contributed by atoms with Crippen LogP contribution in [-0.2, 0) is 6.42 Å². The molecule has 0 saturated heterocycles. The molecule has 0 bridgehead atoms. The molecule has 14 rings (SSSR count). The topological polar surface area (TPSA) is 9.86 Å². The Morgan fingerprint density at radius 3 is 1.34 bits per heavy atom. The Morgan fingerprint density at radius 1 is 0.328 bits per heavy atom. The van der Waals surface area contributed by atoms with Crippen molar-refractivity contribution in [2.45, 2.75) is 12.8 Å². The first-order chi connectivity index (χ1) is 31.8. The summed E-state index contributed by atoms with van der Waals surface area (Å²) in [6.45, 7) is 0. The number of rotatable bonds is 4. The largest absolute Gasteiger partial charge is 0.309 e. The van der Waals surface area contributed by atoms with Gasteiger partial charge in [-0.3, -0.25) is 0 Å². The average molecular weight is 813 g/mol. The molecule has 2 nitrogen and oxygen atoms in total. The second-order valence-corrected chi connectivity index (χ2v) is 17.5. The fourth-order valence-corrected chi connectivity index (χ4v) is 11.2. The van der Waals surface area contributed by atoms with E-state index in [0.717, 1.165) is 18.5 Å². The molecule has 13 aromatic rings. The van der Waals surface area contributed by atoms with E-state index in [1.807, 2.05) is 0 Å². The van der Waals surface area contributed by atoms with E-state index in [9.17, 15) is 0 Å². The molecule has 0 radical (unpaired) electrons. The summed E-state index contributed by atoms with van der Waals surface area (Å²) in [5, 5.41) is 16.7. The third-order valence-electron chi connectivity index (χ3n) is 14.1. The van der Waals surface area contributed by atoms with Crippen LogP contribution in [0.4, 0.5) is 0 Å². The van der Waals surface area contributed by atoms with E-state index in [0.29, 0.717) is 0 Å². The summed E-state index contributed by atoms with van der Waals surface area (Å²) < 4.78 is 5.14. The van der Waals surface area contributed by atoms with Crippen molar-refractivity contribution in [3.8, 4) is 33.6 Å². The smallest absolute Gasteiger partial charge is 0.0633 e. The van der Waals surface area contributed by atoms with Crippen LogP contribution in [0.3, 0.4) is 0 Å². The third-order valence-corrected chi connectivity index (χ3v) is 14.1. The van der Waals surface area contributed by atoms with Crippen LogP contribution in [0.15, 0.2) is 212 Å². The first-order valence-corrected chi connectivity index (χ1v) is 22.5. The predicted octanol–water partition coefficient (Wildman–Crippen LogP) is 16.8. The van der Waals surface area contributed by atoms with Gasteiger partial charge in [0.25, 0.3) is 0 Å². The molecule has 2 heteroatoms. The zero-order valence-corrected chi connectivity index (χ0v) is 35.1. The fraction of sp³-hybridized carbons (Fsp3) is 0.0323. The van der Waals surface area contributed by atoms with Crippen LogP contribution in [0.25, 0.3) is 126 Å². The van der Waals surface area contributed by atoms with Gasteiger partial charge >= 0.3 is 0 Å². The highest BCUT2D eigenvalue weighted by atomic mass is 15.0. The summed E-state index contributed by atoms with van der Waals surface area (Å²) in [5.74, 6) is 0. The van der Waals surface area contributed by atoms with Crippen molar-refractivity contribution in [3.63, 3.8) is 0 Å². The Labute approximate surface area is 370 Å². The van der Waals surface area contributed by atoms with Crippen LogP contribution < -0.4 is 0 Å². The summed E-state index contributed by atoms with van der Waals surface area (Å²) in [4.78, 5) is 0. The third kappa shape index (κ3) is 5.08. The van der Waals surface area contributed by atoms with Crippen molar-refractivity contribution >= 4 is 92.6 Å². The second-order valence-electron chi connectivity index (χ2n) is 17.5. The number of fused-ring (bicyclic) bond motifs is 17. The second kappa shape index (κ2) is 13.6. The molecule has 1 aliphatic rings. The highest BCUT2D eigenvalue weighted by Crippen LogP contribution is 2.50. The number of aromatic nitrogens is 2. The van der Waals surface area contributed by atoms with Crippen LogP contribution in [0.5, 0.6) is 0 Å². The minimum absolute atomic E-state index is 1.00. The zero-order chi connectivity index (χ0) is 41.9. The van der Waals surface area contributed by atoms with Crippen molar-refractivity contribution in [1.82, 2.24) is 9.13 Å². The lowest BCUT2D eigenvalue weighted by molar-refractivity contribution is 0.968. The molecule has 11 aromatic carbocycles. The Kier molecular flexibility index (Phi) is 7.55. The standard InChI is InChI=1S/C62H40N2/c1-3-15-43-37-45(27-25-39(43)13-1)41-29-33-47(34-30-41)63-55-23-11-9-21-53(55)57-49-17-5-8-20-52(49)60-59(61(57)63)51-19-7-6-18-50(51)58-54-22-10-12-24-56(54)64(62(58)60)48-35-31-42(32-36-48)46-28-26-40-14-2-4-16-44(40)38-46/h1-9,11-21,23-38H,10,22H2. The quantitative estimate of drug-likeness (QED) is 0.157. The number of allylic oxidation sites excluding steroid dienone is 1. The zero-order valence-electron chi connectivity index (χ0n) is 35.1. The van der Waals surface area contributed by atoms with Crippen LogP contribution in [-0.4, -0.2) is 9.13 Å². The number of nitrogens with zero attached hydrogens (tertiary/aromatic N) is 2. The maximum absolute atomic E-state index is 2.59. The van der Waals surface area contributed by atoms with E-state index in [4.69, 9.17) is 0 Å². The molecule has 0 aliphatic heterocycles. The van der Waals surface area contributed by atoms with Crippen molar-refractivity contribution in [2.24, 2.45) is 0 Å². The van der Waals surface area contributed by atoms with Gasteiger partial charge in [0, 0.05) is 44.0 Å². The van der Waals surface area contributed by atoms with Gasteiger partial charge in [-0.2, -0.15) is 0 Å². The molecule has 0 fully saturated rings. The molecular weight excluding hydrogens is 773 g/mol. The number of aryl methyl sites for hydroxylation is 1. The van der Waals surface area contributed by atoms with E-state index < -0.39 is 0 Å². The minimum atomic E-state index is 1.00. The van der Waals surface area contributed by atoms with Gasteiger partial charge in [0.15, 0.2) is 0 Å². The van der Waals surface area contributed by atoms with Gasteiger partial charge in [0.05, 0.1) is 16.6 Å². The molecule has 2 aromatic heterocycles. The van der Waals surface area contributed by atoms with Crippen LogP contribution in [0.2, 0.25) is 0 Å². The van der Waals surface area contributed by atoms with Gasteiger partial charge in [0.2, 0.25) is 0 Å². The lowest BCUT2D eigenvalue weighted by atomic mass is 9.89. The van der Waals surface area contributed by atoms with Crippen molar-refractivity contribution < 1.29 is 0 Å². The maximum Gasteiger partial charge on any atom is 0.0633 e. The fourth-order valence-electron chi connectivity index (χ4n) is 11.2. The molecule has 0 unspecified atom stereocenters. The molecule has 0 N–H and O–H groups in total. The van der Waals surface area contributed by atoms with E-state index in [1.165, 1.54) is 126 Å². The maximum atomic E-state index is 2.59. The van der Waals surface area contributed by atoms with E-state index in [-0.39, 0.29) is 0 Å². The van der Waals surface area contributed by atoms with Gasteiger partial charge < -0.3 is 9.13 Å². The molecule has 0 amide bonds. The molecule has 298 valence electrons. The number of benzene rings is 11. The highest BCUT2D eigenvalue weighted by Gasteiger charge is 2.28. The van der Waals surface area contributed by atoms with Crippen LogP contribution in [0, 0.1) is 0 Å². The van der Waals surface area contributed by atoms with E-state index in [1.54, 1.807) is 0 Å².